The standard InChI is InChI=1S/C13H18ClNO2/c1-9(2)10(3)15(8-13(16)17)12-6-4-11(14)5-7-12/h4-7,9-10H,8H2,1-3H3,(H,16,17). The molecule has 0 spiro atoms. The van der Waals surface area contributed by atoms with Crippen molar-refractivity contribution in [1.82, 2.24) is 0 Å². The predicted molar refractivity (Wildman–Crippen MR) is 70.7 cm³/mol. The largest absolute Gasteiger partial charge is 0.480 e. The lowest BCUT2D eigenvalue weighted by Crippen LogP contribution is -2.40. The van der Waals surface area contributed by atoms with Gasteiger partial charge in [0.1, 0.15) is 6.54 Å². The Hall–Kier alpha value is -1.22. The van der Waals surface area contributed by atoms with Crippen LogP contribution >= 0.6 is 11.6 Å². The first-order valence-electron chi connectivity index (χ1n) is 5.66. The van der Waals surface area contributed by atoms with Crippen molar-refractivity contribution in [2.45, 2.75) is 26.8 Å². The molecule has 1 N–H and O–H groups in total. The van der Waals surface area contributed by atoms with Gasteiger partial charge in [-0.25, -0.2) is 0 Å². The molecule has 1 aromatic rings. The maximum absolute atomic E-state index is 10.9. The number of carbonyl (C=O) groups is 1. The van der Waals surface area contributed by atoms with E-state index in [0.29, 0.717) is 10.9 Å². The number of benzene rings is 1. The third-order valence-electron chi connectivity index (χ3n) is 2.92. The van der Waals surface area contributed by atoms with Crippen LogP contribution in [0.1, 0.15) is 20.8 Å². The van der Waals surface area contributed by atoms with E-state index in [1.54, 1.807) is 12.1 Å². The molecule has 1 unspecified atom stereocenters. The normalized spacial score (nSPS) is 12.5. The van der Waals surface area contributed by atoms with Crippen molar-refractivity contribution < 1.29 is 9.90 Å². The zero-order valence-electron chi connectivity index (χ0n) is 10.4. The number of anilines is 1. The topological polar surface area (TPSA) is 40.5 Å². The third-order valence-corrected chi connectivity index (χ3v) is 3.17. The van der Waals surface area contributed by atoms with Crippen LogP contribution in [0.3, 0.4) is 0 Å². The number of halogens is 1. The quantitative estimate of drug-likeness (QED) is 0.878. The molecule has 0 fully saturated rings. The maximum Gasteiger partial charge on any atom is 0.323 e. The summed E-state index contributed by atoms with van der Waals surface area (Å²) in [6.07, 6.45) is 0. The minimum absolute atomic E-state index is 0.000971. The van der Waals surface area contributed by atoms with Gasteiger partial charge in [-0.3, -0.25) is 4.79 Å². The molecule has 0 aliphatic carbocycles. The van der Waals surface area contributed by atoms with Crippen molar-refractivity contribution in [2.24, 2.45) is 5.92 Å². The molecule has 17 heavy (non-hydrogen) atoms. The van der Waals surface area contributed by atoms with E-state index in [4.69, 9.17) is 16.7 Å². The molecule has 0 aliphatic rings. The molecule has 0 aromatic heterocycles. The molecule has 1 aromatic carbocycles. The first kappa shape index (κ1) is 13.8. The molecule has 94 valence electrons. The highest BCUT2D eigenvalue weighted by molar-refractivity contribution is 6.30. The summed E-state index contributed by atoms with van der Waals surface area (Å²) in [7, 11) is 0. The fourth-order valence-electron chi connectivity index (χ4n) is 1.61. The summed E-state index contributed by atoms with van der Waals surface area (Å²) in [6, 6.07) is 7.42. The Kier molecular flexibility index (Phi) is 4.82. The molecule has 4 heteroatoms. The summed E-state index contributed by atoms with van der Waals surface area (Å²) < 4.78 is 0. The Morgan fingerprint density at radius 2 is 1.82 bits per heavy atom. The Morgan fingerprint density at radius 1 is 1.29 bits per heavy atom. The Balaban J connectivity index is 2.97. The highest BCUT2D eigenvalue weighted by Crippen LogP contribution is 2.22. The van der Waals surface area contributed by atoms with Crippen LogP contribution < -0.4 is 4.90 Å². The summed E-state index contributed by atoms with van der Waals surface area (Å²) >= 11 is 5.83. The highest BCUT2D eigenvalue weighted by atomic mass is 35.5. The molecule has 0 saturated heterocycles. The van der Waals surface area contributed by atoms with E-state index in [0.717, 1.165) is 5.69 Å². The van der Waals surface area contributed by atoms with Gasteiger partial charge in [-0.2, -0.15) is 0 Å². The van der Waals surface area contributed by atoms with E-state index in [2.05, 4.69) is 13.8 Å². The first-order chi connectivity index (χ1) is 7.91. The molecule has 1 atom stereocenters. The predicted octanol–water partition coefficient (Wildman–Crippen LogP) is 3.28. The van der Waals surface area contributed by atoms with Crippen molar-refractivity contribution in [3.8, 4) is 0 Å². The fraction of sp³-hybridized carbons (Fsp3) is 0.462. The number of hydrogen-bond acceptors (Lipinski definition) is 2. The first-order valence-corrected chi connectivity index (χ1v) is 6.03. The van der Waals surface area contributed by atoms with E-state index in [-0.39, 0.29) is 12.6 Å². The molecular weight excluding hydrogens is 238 g/mol. The van der Waals surface area contributed by atoms with E-state index in [1.165, 1.54) is 0 Å². The van der Waals surface area contributed by atoms with Gasteiger partial charge >= 0.3 is 5.97 Å². The van der Waals surface area contributed by atoms with Crippen LogP contribution in [0.4, 0.5) is 5.69 Å². The second kappa shape index (κ2) is 5.92. The van der Waals surface area contributed by atoms with Crippen LogP contribution in [0.25, 0.3) is 0 Å². The second-order valence-electron chi connectivity index (χ2n) is 4.48. The molecular formula is C13H18ClNO2. The summed E-state index contributed by atoms with van der Waals surface area (Å²) in [6.45, 7) is 6.19. The Morgan fingerprint density at radius 3 is 2.24 bits per heavy atom. The van der Waals surface area contributed by atoms with Crippen LogP contribution in [0.5, 0.6) is 0 Å². The fourth-order valence-corrected chi connectivity index (χ4v) is 1.73. The van der Waals surface area contributed by atoms with E-state index in [9.17, 15) is 4.79 Å². The van der Waals surface area contributed by atoms with E-state index in [1.807, 2.05) is 24.0 Å². The lowest BCUT2D eigenvalue weighted by molar-refractivity contribution is -0.135. The number of nitrogens with zero attached hydrogens (tertiary/aromatic N) is 1. The Labute approximate surface area is 107 Å². The van der Waals surface area contributed by atoms with Crippen molar-refractivity contribution in [1.29, 1.82) is 0 Å². The third kappa shape index (κ3) is 3.93. The van der Waals surface area contributed by atoms with E-state index < -0.39 is 5.97 Å². The molecule has 1 rings (SSSR count). The van der Waals surface area contributed by atoms with Gasteiger partial charge in [-0.1, -0.05) is 25.4 Å². The number of aliphatic carboxylic acids is 1. The van der Waals surface area contributed by atoms with Gasteiger partial charge in [0.25, 0.3) is 0 Å². The number of rotatable bonds is 5. The molecule has 0 amide bonds. The molecule has 0 heterocycles. The average molecular weight is 256 g/mol. The van der Waals surface area contributed by atoms with Gasteiger partial charge in [0.05, 0.1) is 0 Å². The van der Waals surface area contributed by atoms with Gasteiger partial charge in [0.15, 0.2) is 0 Å². The summed E-state index contributed by atoms with van der Waals surface area (Å²) in [5.41, 5.74) is 0.887. The smallest absolute Gasteiger partial charge is 0.323 e. The lowest BCUT2D eigenvalue weighted by Gasteiger charge is -2.32. The molecule has 0 radical (unpaired) electrons. The van der Waals surface area contributed by atoms with Crippen molar-refractivity contribution >= 4 is 23.3 Å². The second-order valence-corrected chi connectivity index (χ2v) is 4.92. The summed E-state index contributed by atoms with van der Waals surface area (Å²) in [5.74, 6) is -0.447. The maximum atomic E-state index is 10.9. The van der Waals surface area contributed by atoms with Gasteiger partial charge in [0.2, 0.25) is 0 Å². The van der Waals surface area contributed by atoms with Crippen molar-refractivity contribution in [3.63, 3.8) is 0 Å². The number of hydrogen-bond donors (Lipinski definition) is 1. The van der Waals surface area contributed by atoms with E-state index >= 15 is 0 Å². The molecule has 0 saturated carbocycles. The minimum atomic E-state index is -0.826. The van der Waals surface area contributed by atoms with Gasteiger partial charge < -0.3 is 10.0 Å². The van der Waals surface area contributed by atoms with Gasteiger partial charge in [-0.15, -0.1) is 0 Å². The summed E-state index contributed by atoms with van der Waals surface area (Å²) in [5, 5.41) is 9.62. The van der Waals surface area contributed by atoms with Gasteiger partial charge in [-0.05, 0) is 37.1 Å². The molecule has 0 aliphatic heterocycles. The van der Waals surface area contributed by atoms with Crippen LogP contribution in [-0.4, -0.2) is 23.7 Å². The van der Waals surface area contributed by atoms with Crippen molar-refractivity contribution in [3.05, 3.63) is 29.3 Å². The molecule has 3 nitrogen and oxygen atoms in total. The lowest BCUT2D eigenvalue weighted by atomic mass is 10.0. The Bertz CT molecular complexity index is 376. The summed E-state index contributed by atoms with van der Waals surface area (Å²) in [4.78, 5) is 12.8. The monoisotopic (exact) mass is 255 g/mol. The highest BCUT2D eigenvalue weighted by Gasteiger charge is 2.19. The minimum Gasteiger partial charge on any atom is -0.480 e. The average Bonchev–Trinajstić information content (AvgIpc) is 2.26. The zero-order chi connectivity index (χ0) is 13.0. The van der Waals surface area contributed by atoms with Crippen LogP contribution in [0.15, 0.2) is 24.3 Å². The molecule has 0 bridgehead atoms. The van der Waals surface area contributed by atoms with Crippen molar-refractivity contribution in [2.75, 3.05) is 11.4 Å². The zero-order valence-corrected chi connectivity index (χ0v) is 11.1. The SMILES string of the molecule is CC(C)C(C)N(CC(=O)O)c1ccc(Cl)cc1. The van der Waals surface area contributed by atoms with Gasteiger partial charge in [0, 0.05) is 16.8 Å². The number of carboxylic acid groups (broad SMARTS) is 1. The number of carboxylic acids is 1. The van der Waals surface area contributed by atoms with Crippen LogP contribution in [0.2, 0.25) is 5.02 Å². The van der Waals surface area contributed by atoms with Crippen LogP contribution in [0, 0.1) is 5.92 Å². The van der Waals surface area contributed by atoms with Crippen LogP contribution in [-0.2, 0) is 4.79 Å².